The number of nitrogens with one attached hydrogen (secondary N) is 1. The predicted molar refractivity (Wildman–Crippen MR) is 159 cm³/mol. The summed E-state index contributed by atoms with van der Waals surface area (Å²) in [6.45, 7) is 0.0964. The molecule has 1 N–H and O–H groups in total. The van der Waals surface area contributed by atoms with Gasteiger partial charge in [0.25, 0.3) is 5.91 Å². The summed E-state index contributed by atoms with van der Waals surface area (Å²) in [6.07, 6.45) is 4.71. The summed E-state index contributed by atoms with van der Waals surface area (Å²) in [5.41, 5.74) is 2.18. The van der Waals surface area contributed by atoms with Gasteiger partial charge in [-0.05, 0) is 42.0 Å². The fourth-order valence-corrected chi connectivity index (χ4v) is 5.28. The number of ether oxygens (including phenoxy) is 2. The minimum atomic E-state index is -1.02. The van der Waals surface area contributed by atoms with E-state index in [-0.39, 0.29) is 37.1 Å². The fourth-order valence-electron chi connectivity index (χ4n) is 5.28. The highest BCUT2D eigenvalue weighted by atomic mass is 16.6. The number of benzene rings is 3. The second-order valence-corrected chi connectivity index (χ2v) is 10.9. The highest BCUT2D eigenvalue weighted by molar-refractivity contribution is 5.98. The Morgan fingerprint density at radius 1 is 0.738 bits per heavy atom. The number of hydrogen-bond donors (Lipinski definition) is 1. The maximum atomic E-state index is 13.3. The van der Waals surface area contributed by atoms with E-state index >= 15 is 0 Å². The van der Waals surface area contributed by atoms with E-state index in [4.69, 9.17) is 9.47 Å². The molecule has 2 atom stereocenters. The summed E-state index contributed by atoms with van der Waals surface area (Å²) in [4.78, 5) is 52.1. The van der Waals surface area contributed by atoms with Crippen molar-refractivity contribution in [1.29, 1.82) is 0 Å². The lowest BCUT2D eigenvalue weighted by Crippen LogP contribution is -2.42. The molecule has 0 aliphatic heterocycles. The lowest BCUT2D eigenvalue weighted by atomic mass is 9.85. The van der Waals surface area contributed by atoms with Gasteiger partial charge in [0.1, 0.15) is 6.61 Å². The quantitative estimate of drug-likeness (QED) is 0.239. The van der Waals surface area contributed by atoms with Gasteiger partial charge in [-0.25, -0.2) is 4.79 Å². The van der Waals surface area contributed by atoms with Crippen molar-refractivity contribution in [1.82, 2.24) is 5.32 Å². The number of carbonyl (C=O) groups excluding carboxylic acids is 4. The number of amides is 1. The van der Waals surface area contributed by atoms with Gasteiger partial charge in [-0.1, -0.05) is 111 Å². The second kappa shape index (κ2) is 16.2. The Balaban J connectivity index is 1.36. The van der Waals surface area contributed by atoms with Gasteiger partial charge < -0.3 is 14.8 Å². The number of rotatable bonds is 14. The van der Waals surface area contributed by atoms with Gasteiger partial charge in [0.2, 0.25) is 0 Å². The van der Waals surface area contributed by atoms with Gasteiger partial charge in [0.05, 0.1) is 12.5 Å². The van der Waals surface area contributed by atoms with Gasteiger partial charge in [0, 0.05) is 12.0 Å². The molecule has 1 amide bonds. The van der Waals surface area contributed by atoms with E-state index in [9.17, 15) is 19.2 Å². The minimum Gasteiger partial charge on any atom is -0.458 e. The third kappa shape index (κ3) is 9.98. The van der Waals surface area contributed by atoms with E-state index in [1.165, 1.54) is 6.42 Å². The van der Waals surface area contributed by atoms with E-state index in [0.717, 1.165) is 36.8 Å². The lowest BCUT2D eigenvalue weighted by Gasteiger charge is -2.25. The molecule has 7 nitrogen and oxygen atoms in total. The smallest absolute Gasteiger partial charge is 0.347 e. The molecule has 0 heterocycles. The summed E-state index contributed by atoms with van der Waals surface area (Å²) < 4.78 is 11.2. The molecule has 1 aliphatic carbocycles. The Morgan fingerprint density at radius 2 is 1.33 bits per heavy atom. The Bertz CT molecular complexity index is 1290. The van der Waals surface area contributed by atoms with Gasteiger partial charge in [-0.3, -0.25) is 14.4 Å². The molecular weight excluding hydrogens is 530 g/mol. The molecule has 0 unspecified atom stereocenters. The maximum Gasteiger partial charge on any atom is 0.347 e. The summed E-state index contributed by atoms with van der Waals surface area (Å²) >= 11 is 0. The Hall–Kier alpha value is -4.26. The zero-order valence-electron chi connectivity index (χ0n) is 23.9. The second-order valence-electron chi connectivity index (χ2n) is 10.9. The predicted octanol–water partition coefficient (Wildman–Crippen LogP) is 6.00. The average Bonchev–Trinajstić information content (AvgIpc) is 3.03. The van der Waals surface area contributed by atoms with E-state index in [2.05, 4.69) is 5.32 Å². The van der Waals surface area contributed by atoms with Gasteiger partial charge in [-0.15, -0.1) is 0 Å². The van der Waals surface area contributed by atoms with E-state index in [0.29, 0.717) is 18.4 Å². The highest BCUT2D eigenvalue weighted by Crippen LogP contribution is 2.29. The van der Waals surface area contributed by atoms with Crippen LogP contribution in [0.4, 0.5) is 0 Å². The summed E-state index contributed by atoms with van der Waals surface area (Å²) in [5, 5.41) is 2.84. The molecule has 3 aromatic rings. The van der Waals surface area contributed by atoms with Crippen LogP contribution < -0.4 is 5.32 Å². The molecule has 3 aromatic carbocycles. The standard InChI is InChI=1S/C35H39NO6/c37-31(30(23-26-13-5-1-6-14-26)36-34(39)29-19-11-4-12-20-29)21-22-33(38)42-32(24-27-15-7-2-8-16-27)35(40)41-25-28-17-9-3-10-18-28/h1,3-6,9-14,17-20,27,30,32H,2,7-8,15-16,21-25H2,(H,36,39)/t30-,32-/m0/s1. The third-order valence-electron chi connectivity index (χ3n) is 7.62. The van der Waals surface area contributed by atoms with Crippen LogP contribution >= 0.6 is 0 Å². The molecule has 0 radical (unpaired) electrons. The van der Waals surface area contributed by atoms with Crippen molar-refractivity contribution >= 4 is 23.6 Å². The third-order valence-corrected chi connectivity index (χ3v) is 7.62. The lowest BCUT2D eigenvalue weighted by molar-refractivity contribution is -0.170. The molecule has 7 heteroatoms. The number of ketones is 1. The zero-order chi connectivity index (χ0) is 29.6. The van der Waals surface area contributed by atoms with Crippen LogP contribution in [0.15, 0.2) is 91.0 Å². The van der Waals surface area contributed by atoms with E-state index < -0.39 is 24.1 Å². The minimum absolute atomic E-state index is 0.0964. The molecule has 0 saturated heterocycles. The molecule has 0 aromatic heterocycles. The molecule has 0 bridgehead atoms. The molecule has 1 fully saturated rings. The van der Waals surface area contributed by atoms with Crippen LogP contribution in [0.25, 0.3) is 0 Å². The van der Waals surface area contributed by atoms with Crippen LogP contribution in [0.3, 0.4) is 0 Å². The molecule has 0 spiro atoms. The first-order valence-electron chi connectivity index (χ1n) is 14.8. The van der Waals surface area contributed by atoms with Crippen LogP contribution in [-0.4, -0.2) is 35.8 Å². The van der Waals surface area contributed by atoms with Gasteiger partial charge in [-0.2, -0.15) is 0 Å². The van der Waals surface area contributed by atoms with E-state index in [1.54, 1.807) is 24.3 Å². The number of Topliss-reactive ketones (excluding diaryl/α,β-unsaturated/α-hetero) is 1. The SMILES string of the molecule is O=C(CCC(=O)[C@H](Cc1ccccc1)NC(=O)c1ccccc1)O[C@@H](CC1CCCCC1)C(=O)OCc1ccccc1. The summed E-state index contributed by atoms with van der Waals surface area (Å²) in [5.74, 6) is -1.56. The first-order valence-corrected chi connectivity index (χ1v) is 14.8. The first-order chi connectivity index (χ1) is 20.5. The Labute approximate surface area is 247 Å². The number of hydrogen-bond acceptors (Lipinski definition) is 6. The Morgan fingerprint density at radius 3 is 1.98 bits per heavy atom. The van der Waals surface area contributed by atoms with Crippen LogP contribution in [0, 0.1) is 5.92 Å². The summed E-state index contributed by atoms with van der Waals surface area (Å²) in [7, 11) is 0. The Kier molecular flexibility index (Phi) is 11.9. The molecule has 42 heavy (non-hydrogen) atoms. The van der Waals surface area contributed by atoms with Crippen molar-refractivity contribution in [3.05, 3.63) is 108 Å². The van der Waals surface area contributed by atoms with Crippen molar-refractivity contribution in [3.63, 3.8) is 0 Å². The van der Waals surface area contributed by atoms with Gasteiger partial charge >= 0.3 is 11.9 Å². The summed E-state index contributed by atoms with van der Waals surface area (Å²) in [6, 6.07) is 26.6. The number of esters is 2. The largest absolute Gasteiger partial charge is 0.458 e. The van der Waals surface area contributed by atoms with Crippen LogP contribution in [0.2, 0.25) is 0 Å². The van der Waals surface area contributed by atoms with Crippen molar-refractivity contribution < 1.29 is 28.7 Å². The van der Waals surface area contributed by atoms with E-state index in [1.807, 2.05) is 66.7 Å². The van der Waals surface area contributed by atoms with Crippen molar-refractivity contribution in [2.45, 2.75) is 76.5 Å². The normalized spacial score (nSPS) is 14.8. The van der Waals surface area contributed by atoms with Crippen LogP contribution in [-0.2, 0) is 36.9 Å². The molecule has 1 aliphatic rings. The van der Waals surface area contributed by atoms with Crippen molar-refractivity contribution in [3.8, 4) is 0 Å². The zero-order valence-corrected chi connectivity index (χ0v) is 23.9. The van der Waals surface area contributed by atoms with Crippen molar-refractivity contribution in [2.24, 2.45) is 5.92 Å². The molecular formula is C35H39NO6. The number of carbonyl (C=O) groups is 4. The first kappa shape index (κ1) is 30.7. The monoisotopic (exact) mass is 569 g/mol. The van der Waals surface area contributed by atoms with Gasteiger partial charge in [0.15, 0.2) is 11.9 Å². The highest BCUT2D eigenvalue weighted by Gasteiger charge is 2.30. The van der Waals surface area contributed by atoms with Crippen LogP contribution in [0.1, 0.15) is 72.9 Å². The molecule has 4 rings (SSSR count). The maximum absolute atomic E-state index is 13.3. The molecule has 1 saturated carbocycles. The molecule has 220 valence electrons. The van der Waals surface area contributed by atoms with Crippen LogP contribution in [0.5, 0.6) is 0 Å². The van der Waals surface area contributed by atoms with Crippen molar-refractivity contribution in [2.75, 3.05) is 0 Å². The topological polar surface area (TPSA) is 98.8 Å². The average molecular weight is 570 g/mol. The fraction of sp³-hybridized carbons (Fsp3) is 0.371.